The molecule has 1 aliphatic heterocycles. The van der Waals surface area contributed by atoms with Crippen molar-refractivity contribution < 1.29 is 9.59 Å². The van der Waals surface area contributed by atoms with Crippen LogP contribution in [0.4, 0.5) is 0 Å². The predicted molar refractivity (Wildman–Crippen MR) is 123 cm³/mol. The first-order valence-corrected chi connectivity index (χ1v) is 12.1. The molecular formula is C24H26N2O2S2. The van der Waals surface area contributed by atoms with Gasteiger partial charge in [-0.05, 0) is 53.8 Å². The van der Waals surface area contributed by atoms with Gasteiger partial charge in [0.05, 0.1) is 10.9 Å². The fraction of sp³-hybridized carbons (Fsp3) is 0.333. The number of carbonyl (C=O) groups is 2. The molecule has 156 valence electrons. The third kappa shape index (κ3) is 4.07. The average molecular weight is 439 g/mol. The molecule has 0 fully saturated rings. The third-order valence-corrected chi connectivity index (χ3v) is 7.68. The van der Waals surface area contributed by atoms with Gasteiger partial charge in [-0.3, -0.25) is 9.59 Å². The van der Waals surface area contributed by atoms with Crippen LogP contribution < -0.4 is 0 Å². The van der Waals surface area contributed by atoms with E-state index in [1.807, 2.05) is 47.5 Å². The standard InChI is InChI=1S/C24H26N2O2S2/c1-3-17(2)26(24(28)21-10-7-14-29-21)16-22(27)25-13-11-20-19(12-15-30-20)23(25)18-8-5-4-6-9-18/h4-10,12,14-15,17,23H,3,11,13,16H2,1-2H3. The Balaban J connectivity index is 1.62. The Morgan fingerprint density at radius 1 is 1.10 bits per heavy atom. The van der Waals surface area contributed by atoms with E-state index in [9.17, 15) is 9.59 Å². The van der Waals surface area contributed by atoms with E-state index in [0.717, 1.165) is 18.4 Å². The topological polar surface area (TPSA) is 40.6 Å². The van der Waals surface area contributed by atoms with Crippen molar-refractivity contribution in [3.05, 3.63) is 80.2 Å². The average Bonchev–Trinajstić information content (AvgIpc) is 3.48. The summed E-state index contributed by atoms with van der Waals surface area (Å²) in [7, 11) is 0. The summed E-state index contributed by atoms with van der Waals surface area (Å²) < 4.78 is 0. The lowest BCUT2D eigenvalue weighted by Crippen LogP contribution is -2.49. The highest BCUT2D eigenvalue weighted by Crippen LogP contribution is 2.37. The Morgan fingerprint density at radius 2 is 1.90 bits per heavy atom. The molecule has 0 spiro atoms. The summed E-state index contributed by atoms with van der Waals surface area (Å²) in [6.45, 7) is 4.85. The second-order valence-corrected chi connectivity index (χ2v) is 9.57. The highest BCUT2D eigenvalue weighted by atomic mass is 32.1. The fourth-order valence-electron chi connectivity index (χ4n) is 4.01. The van der Waals surface area contributed by atoms with Crippen LogP contribution in [0, 0.1) is 0 Å². The van der Waals surface area contributed by atoms with Crippen molar-refractivity contribution in [1.82, 2.24) is 9.80 Å². The molecule has 30 heavy (non-hydrogen) atoms. The summed E-state index contributed by atoms with van der Waals surface area (Å²) in [6.07, 6.45) is 1.67. The van der Waals surface area contributed by atoms with Gasteiger partial charge in [-0.25, -0.2) is 0 Å². The normalized spacial score (nSPS) is 16.7. The molecular weight excluding hydrogens is 412 g/mol. The smallest absolute Gasteiger partial charge is 0.264 e. The number of rotatable bonds is 6. The van der Waals surface area contributed by atoms with Crippen molar-refractivity contribution in [2.45, 2.75) is 38.8 Å². The zero-order valence-corrected chi connectivity index (χ0v) is 18.9. The van der Waals surface area contributed by atoms with Crippen LogP contribution in [0.2, 0.25) is 0 Å². The van der Waals surface area contributed by atoms with Gasteiger partial charge >= 0.3 is 0 Å². The van der Waals surface area contributed by atoms with Gasteiger partial charge in [0.15, 0.2) is 0 Å². The Morgan fingerprint density at radius 3 is 2.60 bits per heavy atom. The lowest BCUT2D eigenvalue weighted by atomic mass is 9.93. The van der Waals surface area contributed by atoms with Gasteiger partial charge in [0.25, 0.3) is 5.91 Å². The summed E-state index contributed by atoms with van der Waals surface area (Å²) in [6, 6.07) is 16.0. The molecule has 3 heterocycles. The third-order valence-electron chi connectivity index (χ3n) is 5.82. The van der Waals surface area contributed by atoms with E-state index in [1.165, 1.54) is 21.8 Å². The minimum atomic E-state index is -0.0932. The van der Waals surface area contributed by atoms with Crippen LogP contribution in [0.15, 0.2) is 59.3 Å². The molecule has 6 heteroatoms. The van der Waals surface area contributed by atoms with Crippen molar-refractivity contribution in [3.63, 3.8) is 0 Å². The number of fused-ring (bicyclic) bond motifs is 1. The first-order valence-electron chi connectivity index (χ1n) is 10.3. The van der Waals surface area contributed by atoms with E-state index in [1.54, 1.807) is 16.2 Å². The van der Waals surface area contributed by atoms with E-state index in [4.69, 9.17) is 0 Å². The molecule has 0 aliphatic carbocycles. The maximum absolute atomic E-state index is 13.6. The minimum Gasteiger partial charge on any atom is -0.330 e. The van der Waals surface area contributed by atoms with Gasteiger partial charge in [0, 0.05) is 17.5 Å². The molecule has 1 aromatic carbocycles. The number of benzene rings is 1. The van der Waals surface area contributed by atoms with Gasteiger partial charge in [-0.2, -0.15) is 0 Å². The van der Waals surface area contributed by atoms with Crippen LogP contribution in [0.5, 0.6) is 0 Å². The molecule has 3 aromatic rings. The van der Waals surface area contributed by atoms with Gasteiger partial charge in [-0.15, -0.1) is 22.7 Å². The second kappa shape index (κ2) is 9.14. The van der Waals surface area contributed by atoms with Crippen molar-refractivity contribution in [2.24, 2.45) is 0 Å². The van der Waals surface area contributed by atoms with Gasteiger partial charge < -0.3 is 9.80 Å². The monoisotopic (exact) mass is 438 g/mol. The van der Waals surface area contributed by atoms with Crippen LogP contribution in [0.3, 0.4) is 0 Å². The SMILES string of the molecule is CCC(C)N(CC(=O)N1CCc2sccc2C1c1ccccc1)C(=O)c1cccs1. The van der Waals surface area contributed by atoms with Crippen LogP contribution in [-0.4, -0.2) is 40.7 Å². The Bertz CT molecular complexity index is 997. The van der Waals surface area contributed by atoms with Crippen LogP contribution in [-0.2, 0) is 11.2 Å². The van der Waals surface area contributed by atoms with E-state index < -0.39 is 0 Å². The van der Waals surface area contributed by atoms with Gasteiger partial charge in [0.1, 0.15) is 6.54 Å². The lowest BCUT2D eigenvalue weighted by Gasteiger charge is -2.38. The molecule has 4 nitrogen and oxygen atoms in total. The Kier molecular flexibility index (Phi) is 6.35. The van der Waals surface area contributed by atoms with E-state index in [0.29, 0.717) is 11.4 Å². The molecule has 2 amide bonds. The molecule has 0 bridgehead atoms. The molecule has 0 N–H and O–H groups in total. The number of amides is 2. The van der Waals surface area contributed by atoms with E-state index in [2.05, 4.69) is 30.5 Å². The van der Waals surface area contributed by atoms with Crippen LogP contribution in [0.25, 0.3) is 0 Å². The number of hydrogen-bond acceptors (Lipinski definition) is 4. The summed E-state index contributed by atoms with van der Waals surface area (Å²) in [5, 5.41) is 4.01. The first kappa shape index (κ1) is 20.8. The lowest BCUT2D eigenvalue weighted by molar-refractivity contribution is -0.134. The molecule has 4 rings (SSSR count). The summed E-state index contributed by atoms with van der Waals surface area (Å²) in [4.78, 5) is 32.4. The predicted octanol–water partition coefficient (Wildman–Crippen LogP) is 5.22. The molecule has 2 unspecified atom stereocenters. The summed E-state index contributed by atoms with van der Waals surface area (Å²) in [5.74, 6) is -0.0527. The Hall–Kier alpha value is -2.44. The number of carbonyl (C=O) groups excluding carboxylic acids is 2. The molecule has 2 aromatic heterocycles. The molecule has 0 radical (unpaired) electrons. The highest BCUT2D eigenvalue weighted by molar-refractivity contribution is 7.12. The van der Waals surface area contributed by atoms with Gasteiger partial charge in [-0.1, -0.05) is 43.3 Å². The largest absolute Gasteiger partial charge is 0.330 e. The van der Waals surface area contributed by atoms with E-state index >= 15 is 0 Å². The quantitative estimate of drug-likeness (QED) is 0.529. The molecule has 0 saturated heterocycles. The van der Waals surface area contributed by atoms with Crippen LogP contribution >= 0.6 is 22.7 Å². The van der Waals surface area contributed by atoms with E-state index in [-0.39, 0.29) is 30.4 Å². The maximum atomic E-state index is 13.6. The first-order chi connectivity index (χ1) is 14.6. The summed E-state index contributed by atoms with van der Waals surface area (Å²) >= 11 is 3.19. The fourth-order valence-corrected chi connectivity index (χ4v) is 5.59. The van der Waals surface area contributed by atoms with Crippen LogP contribution in [0.1, 0.15) is 52.0 Å². The number of nitrogens with zero attached hydrogens (tertiary/aromatic N) is 2. The maximum Gasteiger partial charge on any atom is 0.264 e. The van der Waals surface area contributed by atoms with Crippen molar-refractivity contribution >= 4 is 34.5 Å². The highest BCUT2D eigenvalue weighted by Gasteiger charge is 2.34. The summed E-state index contributed by atoms with van der Waals surface area (Å²) in [5.41, 5.74) is 2.33. The van der Waals surface area contributed by atoms with Crippen molar-refractivity contribution in [2.75, 3.05) is 13.1 Å². The Labute approximate surface area is 185 Å². The number of thiophene rings is 2. The van der Waals surface area contributed by atoms with Crippen molar-refractivity contribution in [1.29, 1.82) is 0 Å². The second-order valence-electron chi connectivity index (χ2n) is 7.62. The molecule has 1 aliphatic rings. The van der Waals surface area contributed by atoms with Crippen molar-refractivity contribution in [3.8, 4) is 0 Å². The zero-order chi connectivity index (χ0) is 21.1. The minimum absolute atomic E-state index is 0.000208. The zero-order valence-electron chi connectivity index (χ0n) is 17.3. The molecule has 2 atom stereocenters. The van der Waals surface area contributed by atoms with Gasteiger partial charge in [0.2, 0.25) is 5.91 Å². The molecule has 0 saturated carbocycles. The number of hydrogen-bond donors (Lipinski definition) is 0.